The van der Waals surface area contributed by atoms with Crippen LogP contribution in [0.2, 0.25) is 0 Å². The van der Waals surface area contributed by atoms with Crippen LogP contribution in [-0.2, 0) is 0 Å². The topological polar surface area (TPSA) is 21.3 Å². The zero-order valence-corrected chi connectivity index (χ0v) is 9.49. The third-order valence-corrected chi connectivity index (χ3v) is 2.01. The molecule has 2 nitrogen and oxygen atoms in total. The Bertz CT molecular complexity index is 307. The maximum atomic E-state index is 5.55. The monoisotopic (exact) mass is 205 g/mol. The number of rotatable bonds is 6. The standard InChI is InChI=1S/C13H19NO/c1-3-14-9-4-5-10-15-13-8-6-7-12(2)11-13/h4-8,11,14H,3,9-10H2,1-2H3. The van der Waals surface area contributed by atoms with E-state index in [0.717, 1.165) is 18.8 Å². The third-order valence-electron chi connectivity index (χ3n) is 2.01. The van der Waals surface area contributed by atoms with Crippen LogP contribution in [-0.4, -0.2) is 19.7 Å². The van der Waals surface area contributed by atoms with Crippen molar-refractivity contribution >= 4 is 0 Å². The fourth-order valence-electron chi connectivity index (χ4n) is 1.23. The van der Waals surface area contributed by atoms with Gasteiger partial charge >= 0.3 is 0 Å². The van der Waals surface area contributed by atoms with Crippen LogP contribution in [0.4, 0.5) is 0 Å². The molecule has 0 radical (unpaired) electrons. The SMILES string of the molecule is CCNCC=CCOc1cccc(C)c1. The van der Waals surface area contributed by atoms with Gasteiger partial charge in [0.25, 0.3) is 0 Å². The number of benzene rings is 1. The van der Waals surface area contributed by atoms with E-state index in [0.29, 0.717) is 6.61 Å². The van der Waals surface area contributed by atoms with Gasteiger partial charge in [-0.25, -0.2) is 0 Å². The predicted octanol–water partition coefficient (Wildman–Crippen LogP) is 2.54. The van der Waals surface area contributed by atoms with Crippen molar-refractivity contribution in [2.24, 2.45) is 0 Å². The maximum absolute atomic E-state index is 5.55. The minimum Gasteiger partial charge on any atom is -0.490 e. The largest absolute Gasteiger partial charge is 0.490 e. The number of hydrogen-bond acceptors (Lipinski definition) is 2. The molecule has 82 valence electrons. The molecule has 0 spiro atoms. The van der Waals surface area contributed by atoms with Crippen molar-refractivity contribution in [1.29, 1.82) is 0 Å². The van der Waals surface area contributed by atoms with Crippen LogP contribution >= 0.6 is 0 Å². The van der Waals surface area contributed by atoms with Gasteiger partial charge in [0.05, 0.1) is 0 Å². The van der Waals surface area contributed by atoms with E-state index < -0.39 is 0 Å². The quantitative estimate of drug-likeness (QED) is 0.569. The Hall–Kier alpha value is -1.28. The highest BCUT2D eigenvalue weighted by Crippen LogP contribution is 2.11. The number of aryl methyl sites for hydroxylation is 1. The molecular formula is C13H19NO. The molecule has 1 rings (SSSR count). The molecule has 1 aromatic carbocycles. The second kappa shape index (κ2) is 7.07. The van der Waals surface area contributed by atoms with Gasteiger partial charge in [-0.05, 0) is 31.2 Å². The van der Waals surface area contributed by atoms with Crippen molar-refractivity contribution in [3.63, 3.8) is 0 Å². The molecule has 0 saturated carbocycles. The first-order valence-corrected chi connectivity index (χ1v) is 5.38. The van der Waals surface area contributed by atoms with Crippen LogP contribution in [0.15, 0.2) is 36.4 Å². The van der Waals surface area contributed by atoms with E-state index in [4.69, 9.17) is 4.74 Å². The lowest BCUT2D eigenvalue weighted by atomic mass is 10.2. The molecule has 1 N–H and O–H groups in total. The predicted molar refractivity (Wildman–Crippen MR) is 64.4 cm³/mol. The lowest BCUT2D eigenvalue weighted by Crippen LogP contribution is -2.11. The van der Waals surface area contributed by atoms with E-state index in [9.17, 15) is 0 Å². The molecule has 0 saturated heterocycles. The summed E-state index contributed by atoms with van der Waals surface area (Å²) in [7, 11) is 0. The maximum Gasteiger partial charge on any atom is 0.120 e. The zero-order valence-electron chi connectivity index (χ0n) is 9.49. The highest BCUT2D eigenvalue weighted by molar-refractivity contribution is 5.27. The lowest BCUT2D eigenvalue weighted by molar-refractivity contribution is 0.362. The van der Waals surface area contributed by atoms with Crippen molar-refractivity contribution in [3.05, 3.63) is 42.0 Å². The van der Waals surface area contributed by atoms with Crippen LogP contribution in [0.5, 0.6) is 5.75 Å². The van der Waals surface area contributed by atoms with Gasteiger partial charge in [-0.15, -0.1) is 0 Å². The van der Waals surface area contributed by atoms with E-state index in [1.807, 2.05) is 24.3 Å². The van der Waals surface area contributed by atoms with Gasteiger partial charge < -0.3 is 10.1 Å². The van der Waals surface area contributed by atoms with Crippen LogP contribution < -0.4 is 10.1 Å². The summed E-state index contributed by atoms with van der Waals surface area (Å²) in [6, 6.07) is 8.09. The Balaban J connectivity index is 2.22. The van der Waals surface area contributed by atoms with Crippen LogP contribution in [0.25, 0.3) is 0 Å². The highest BCUT2D eigenvalue weighted by atomic mass is 16.5. The molecule has 0 fully saturated rings. The van der Waals surface area contributed by atoms with E-state index in [-0.39, 0.29) is 0 Å². The fraction of sp³-hybridized carbons (Fsp3) is 0.385. The first kappa shape index (κ1) is 11.8. The van der Waals surface area contributed by atoms with Gasteiger partial charge in [-0.1, -0.05) is 31.2 Å². The van der Waals surface area contributed by atoms with E-state index in [2.05, 4.69) is 31.3 Å². The van der Waals surface area contributed by atoms with Crippen LogP contribution in [0.3, 0.4) is 0 Å². The van der Waals surface area contributed by atoms with Gasteiger partial charge in [0, 0.05) is 6.54 Å². The molecule has 1 aromatic rings. The van der Waals surface area contributed by atoms with E-state index in [1.54, 1.807) is 0 Å². The molecule has 0 bridgehead atoms. The minimum atomic E-state index is 0.634. The van der Waals surface area contributed by atoms with Gasteiger partial charge in [0.1, 0.15) is 12.4 Å². The molecule has 0 amide bonds. The van der Waals surface area contributed by atoms with Gasteiger partial charge in [0.15, 0.2) is 0 Å². The molecule has 0 aromatic heterocycles. The van der Waals surface area contributed by atoms with Crippen molar-refractivity contribution in [2.75, 3.05) is 19.7 Å². The summed E-state index contributed by atoms with van der Waals surface area (Å²) < 4.78 is 5.55. The second-order valence-electron chi connectivity index (χ2n) is 3.41. The summed E-state index contributed by atoms with van der Waals surface area (Å²) in [5.74, 6) is 0.933. The zero-order chi connectivity index (χ0) is 10.9. The number of likely N-dealkylation sites (N-methyl/N-ethyl adjacent to an activating group) is 1. The summed E-state index contributed by atoms with van der Waals surface area (Å²) in [6.07, 6.45) is 4.12. The smallest absolute Gasteiger partial charge is 0.120 e. The Labute approximate surface area is 92.0 Å². The molecule has 0 aliphatic rings. The summed E-state index contributed by atoms with van der Waals surface area (Å²) in [6.45, 7) is 6.70. The molecule has 0 aliphatic heterocycles. The number of ether oxygens (including phenoxy) is 1. The number of nitrogens with one attached hydrogen (secondary N) is 1. The van der Waals surface area contributed by atoms with Crippen molar-refractivity contribution in [2.45, 2.75) is 13.8 Å². The van der Waals surface area contributed by atoms with E-state index >= 15 is 0 Å². The van der Waals surface area contributed by atoms with Crippen LogP contribution in [0.1, 0.15) is 12.5 Å². The fourth-order valence-corrected chi connectivity index (χ4v) is 1.23. The van der Waals surface area contributed by atoms with E-state index in [1.165, 1.54) is 5.56 Å². The van der Waals surface area contributed by atoms with Crippen molar-refractivity contribution in [1.82, 2.24) is 5.32 Å². The van der Waals surface area contributed by atoms with Gasteiger partial charge in [-0.3, -0.25) is 0 Å². The Morgan fingerprint density at radius 1 is 1.33 bits per heavy atom. The second-order valence-corrected chi connectivity index (χ2v) is 3.41. The summed E-state index contributed by atoms with van der Waals surface area (Å²) >= 11 is 0. The van der Waals surface area contributed by atoms with Crippen molar-refractivity contribution in [3.8, 4) is 5.75 Å². The highest BCUT2D eigenvalue weighted by Gasteiger charge is 1.90. The normalized spacial score (nSPS) is 10.8. The Morgan fingerprint density at radius 3 is 2.93 bits per heavy atom. The summed E-state index contributed by atoms with van der Waals surface area (Å²) in [4.78, 5) is 0. The Morgan fingerprint density at radius 2 is 2.20 bits per heavy atom. The first-order chi connectivity index (χ1) is 7.33. The first-order valence-electron chi connectivity index (χ1n) is 5.38. The van der Waals surface area contributed by atoms with Crippen LogP contribution in [0, 0.1) is 6.92 Å². The van der Waals surface area contributed by atoms with Gasteiger partial charge in [-0.2, -0.15) is 0 Å². The lowest BCUT2D eigenvalue weighted by Gasteiger charge is -2.03. The average molecular weight is 205 g/mol. The summed E-state index contributed by atoms with van der Waals surface area (Å²) in [5.41, 5.74) is 1.23. The third kappa shape index (κ3) is 5.23. The molecule has 0 heterocycles. The molecule has 15 heavy (non-hydrogen) atoms. The molecule has 0 atom stereocenters. The molecular weight excluding hydrogens is 186 g/mol. The molecule has 0 unspecified atom stereocenters. The Kier molecular flexibility index (Phi) is 5.56. The van der Waals surface area contributed by atoms with Crippen molar-refractivity contribution < 1.29 is 4.74 Å². The summed E-state index contributed by atoms with van der Waals surface area (Å²) in [5, 5.41) is 3.21. The molecule has 0 aliphatic carbocycles. The molecule has 2 heteroatoms. The minimum absolute atomic E-state index is 0.634. The number of hydrogen-bond donors (Lipinski definition) is 1. The average Bonchev–Trinajstić information content (AvgIpc) is 2.23. The van der Waals surface area contributed by atoms with Gasteiger partial charge in [0.2, 0.25) is 0 Å².